The van der Waals surface area contributed by atoms with Gasteiger partial charge in [-0.2, -0.15) is 8.42 Å². The van der Waals surface area contributed by atoms with Crippen LogP contribution in [0, 0.1) is 11.8 Å². The van der Waals surface area contributed by atoms with E-state index in [2.05, 4.69) is 10.0 Å². The molecule has 0 aliphatic heterocycles. The van der Waals surface area contributed by atoms with Crippen molar-refractivity contribution in [1.82, 2.24) is 0 Å². The van der Waals surface area contributed by atoms with E-state index in [1.165, 1.54) is 0 Å². The number of rotatable bonds is 7. The molecule has 0 aromatic rings. The Labute approximate surface area is 96.7 Å². The molecule has 0 aliphatic rings. The van der Waals surface area contributed by atoms with Gasteiger partial charge in [-0.25, -0.2) is 0 Å². The fraction of sp³-hybridized carbons (Fsp3) is 1.00. The maximum atomic E-state index is 11.0. The molecule has 0 bridgehead atoms. The van der Waals surface area contributed by atoms with Crippen molar-refractivity contribution >= 4 is 10.1 Å². The van der Waals surface area contributed by atoms with Crippen LogP contribution < -0.4 is 0 Å². The van der Waals surface area contributed by atoms with Crippen molar-refractivity contribution in [2.75, 3.05) is 12.8 Å². The second-order valence-electron chi connectivity index (χ2n) is 4.00. The molecule has 6 nitrogen and oxygen atoms in total. The topological polar surface area (TPSA) is 92.1 Å². The number of hydrogen-bond acceptors (Lipinski definition) is 4. The van der Waals surface area contributed by atoms with Crippen LogP contribution in [0.2, 0.25) is 0 Å². The lowest BCUT2D eigenvalue weighted by Gasteiger charge is -2.26. The van der Waals surface area contributed by atoms with E-state index in [-0.39, 0.29) is 17.9 Å². The summed E-state index contributed by atoms with van der Waals surface area (Å²) in [5.41, 5.74) is 8.21. The first-order chi connectivity index (χ1) is 7.31. The first-order valence-electron chi connectivity index (χ1n) is 5.21. The van der Waals surface area contributed by atoms with Gasteiger partial charge in [0.2, 0.25) is 0 Å². The van der Waals surface area contributed by atoms with Gasteiger partial charge in [0.15, 0.2) is 0 Å². The monoisotopic (exact) mass is 249 g/mol. The van der Waals surface area contributed by atoms with E-state index < -0.39 is 10.1 Å². The third kappa shape index (κ3) is 5.95. The Balaban J connectivity index is 4.51. The summed E-state index contributed by atoms with van der Waals surface area (Å²) in [7, 11) is -3.44. The molecule has 94 valence electrons. The third-order valence-electron chi connectivity index (χ3n) is 2.62. The van der Waals surface area contributed by atoms with Gasteiger partial charge < -0.3 is 0 Å². The van der Waals surface area contributed by atoms with E-state index in [0.717, 1.165) is 6.26 Å². The molecule has 0 radical (unpaired) electrons. The zero-order chi connectivity index (χ0) is 12.8. The molecule has 0 aromatic carbocycles. The van der Waals surface area contributed by atoms with Crippen LogP contribution in [0.3, 0.4) is 0 Å². The van der Waals surface area contributed by atoms with Crippen LogP contribution >= 0.6 is 0 Å². The van der Waals surface area contributed by atoms with Crippen molar-refractivity contribution < 1.29 is 12.6 Å². The van der Waals surface area contributed by atoms with E-state index in [1.54, 1.807) is 0 Å². The summed E-state index contributed by atoms with van der Waals surface area (Å²) in [5, 5.41) is 3.48. The normalized spacial score (nSPS) is 17.2. The Morgan fingerprint density at radius 3 is 2.38 bits per heavy atom. The van der Waals surface area contributed by atoms with Crippen LogP contribution in [0.5, 0.6) is 0 Å². The van der Waals surface area contributed by atoms with Crippen LogP contribution in [0.15, 0.2) is 5.11 Å². The molecule has 1 unspecified atom stereocenters. The highest BCUT2D eigenvalue weighted by molar-refractivity contribution is 7.86. The van der Waals surface area contributed by atoms with Gasteiger partial charge in [0, 0.05) is 11.5 Å². The quantitative estimate of drug-likeness (QED) is 0.300. The molecule has 0 spiro atoms. The fourth-order valence-electron chi connectivity index (χ4n) is 1.45. The first-order valence-corrected chi connectivity index (χ1v) is 7.02. The Hall–Kier alpha value is -0.780. The molecular formula is C9H19N3O3S. The van der Waals surface area contributed by atoms with Crippen LogP contribution in [0.4, 0.5) is 0 Å². The summed E-state index contributed by atoms with van der Waals surface area (Å²) in [4.78, 5) is 2.68. The van der Waals surface area contributed by atoms with Gasteiger partial charge in [-0.3, -0.25) is 4.18 Å². The molecule has 0 amide bonds. The standard InChI is InChI=1S/C9H19N3O3S/c1-5-9(15-16(4,13)14)8(3)7(2)6-11-12-10/h7-9H,5-6H2,1-4H3/t7?,8-,9+/m1/s1. The molecule has 7 heteroatoms. The van der Waals surface area contributed by atoms with Crippen molar-refractivity contribution in [3.63, 3.8) is 0 Å². The average molecular weight is 249 g/mol. The summed E-state index contributed by atoms with van der Waals surface area (Å²) in [6.07, 6.45) is 1.29. The molecule has 0 aliphatic carbocycles. The van der Waals surface area contributed by atoms with Gasteiger partial charge in [0.25, 0.3) is 10.1 Å². The molecule has 0 saturated heterocycles. The van der Waals surface area contributed by atoms with Crippen molar-refractivity contribution in [2.24, 2.45) is 17.0 Å². The minimum Gasteiger partial charge on any atom is -0.267 e. The fourth-order valence-corrected chi connectivity index (χ4v) is 2.21. The van der Waals surface area contributed by atoms with Crippen LogP contribution in [-0.2, 0) is 14.3 Å². The summed E-state index contributed by atoms with van der Waals surface area (Å²) in [6.45, 7) is 6.03. The second kappa shape index (κ2) is 6.73. The predicted molar refractivity (Wildman–Crippen MR) is 62.3 cm³/mol. The number of hydrogen-bond donors (Lipinski definition) is 0. The Morgan fingerprint density at radius 2 is 2.00 bits per heavy atom. The van der Waals surface area contributed by atoms with Gasteiger partial charge in [0.1, 0.15) is 0 Å². The zero-order valence-corrected chi connectivity index (χ0v) is 10.9. The number of azide groups is 1. The van der Waals surface area contributed by atoms with E-state index in [4.69, 9.17) is 9.71 Å². The Bertz CT molecular complexity index is 349. The van der Waals surface area contributed by atoms with E-state index in [9.17, 15) is 8.42 Å². The molecule has 3 atom stereocenters. The largest absolute Gasteiger partial charge is 0.267 e. The Morgan fingerprint density at radius 1 is 1.44 bits per heavy atom. The van der Waals surface area contributed by atoms with E-state index in [0.29, 0.717) is 13.0 Å². The molecule has 0 aromatic heterocycles. The minimum atomic E-state index is -3.44. The van der Waals surface area contributed by atoms with Crippen molar-refractivity contribution in [1.29, 1.82) is 0 Å². The smallest absolute Gasteiger partial charge is 0.264 e. The van der Waals surface area contributed by atoms with E-state index in [1.807, 2.05) is 20.8 Å². The SMILES string of the molecule is CC[C@H](OS(C)(=O)=O)[C@H](C)C(C)CN=[N+]=[N-]. The summed E-state index contributed by atoms with van der Waals surface area (Å²) in [6, 6.07) is 0. The molecule has 0 rings (SSSR count). The second-order valence-corrected chi connectivity index (χ2v) is 5.60. The van der Waals surface area contributed by atoms with Gasteiger partial charge in [-0.1, -0.05) is 25.9 Å². The highest BCUT2D eigenvalue weighted by Gasteiger charge is 2.24. The molecule has 0 N–H and O–H groups in total. The van der Waals surface area contributed by atoms with Crippen molar-refractivity contribution in [3.05, 3.63) is 10.4 Å². The summed E-state index contributed by atoms with van der Waals surface area (Å²) in [5.74, 6) is 0.104. The van der Waals surface area contributed by atoms with Crippen LogP contribution in [0.1, 0.15) is 27.2 Å². The maximum Gasteiger partial charge on any atom is 0.264 e. The molecule has 0 saturated carbocycles. The van der Waals surface area contributed by atoms with Gasteiger partial charge >= 0.3 is 0 Å². The molecule has 0 fully saturated rings. The predicted octanol–water partition coefficient (Wildman–Crippen LogP) is 2.32. The lowest BCUT2D eigenvalue weighted by Crippen LogP contribution is -2.29. The first kappa shape index (κ1) is 15.2. The molecular weight excluding hydrogens is 230 g/mol. The maximum absolute atomic E-state index is 11.0. The lowest BCUT2D eigenvalue weighted by atomic mass is 9.89. The highest BCUT2D eigenvalue weighted by Crippen LogP contribution is 2.22. The van der Waals surface area contributed by atoms with Crippen molar-refractivity contribution in [3.8, 4) is 0 Å². The van der Waals surface area contributed by atoms with Crippen molar-refractivity contribution in [2.45, 2.75) is 33.3 Å². The molecule has 16 heavy (non-hydrogen) atoms. The summed E-state index contributed by atoms with van der Waals surface area (Å²) < 4.78 is 27.1. The number of nitrogens with zero attached hydrogens (tertiary/aromatic N) is 3. The lowest BCUT2D eigenvalue weighted by molar-refractivity contribution is 0.117. The van der Waals surface area contributed by atoms with Crippen LogP contribution in [0.25, 0.3) is 10.4 Å². The van der Waals surface area contributed by atoms with Gasteiger partial charge in [-0.15, -0.1) is 0 Å². The highest BCUT2D eigenvalue weighted by atomic mass is 32.2. The zero-order valence-electron chi connectivity index (χ0n) is 10.1. The van der Waals surface area contributed by atoms with Gasteiger partial charge in [-0.05, 0) is 23.8 Å². The third-order valence-corrected chi connectivity index (χ3v) is 3.21. The Kier molecular flexibility index (Phi) is 6.40. The van der Waals surface area contributed by atoms with Crippen LogP contribution in [-0.4, -0.2) is 27.3 Å². The van der Waals surface area contributed by atoms with E-state index >= 15 is 0 Å². The van der Waals surface area contributed by atoms with Gasteiger partial charge in [0.05, 0.1) is 12.4 Å². The minimum absolute atomic E-state index is 0.0187. The summed E-state index contributed by atoms with van der Waals surface area (Å²) >= 11 is 0. The molecule has 0 heterocycles. The average Bonchev–Trinajstić information content (AvgIpc) is 2.20.